The first-order valence-corrected chi connectivity index (χ1v) is 6.65. The molecule has 0 saturated heterocycles. The average molecular weight is 237 g/mol. The number of rotatable bonds is 2. The SMILES string of the molecule is CC1(Cc2ccccc2)NCCc2ccccc21. The Morgan fingerprint density at radius 3 is 2.56 bits per heavy atom. The molecule has 0 bridgehead atoms. The predicted octanol–water partition coefficient (Wildman–Crippen LogP) is 3.29. The molecule has 0 spiro atoms. The largest absolute Gasteiger partial charge is 0.307 e. The van der Waals surface area contributed by atoms with E-state index in [4.69, 9.17) is 0 Å². The van der Waals surface area contributed by atoms with E-state index in [2.05, 4.69) is 66.8 Å². The Balaban J connectivity index is 1.96. The van der Waals surface area contributed by atoms with Gasteiger partial charge in [-0.25, -0.2) is 0 Å². The maximum absolute atomic E-state index is 3.70. The van der Waals surface area contributed by atoms with Crippen molar-refractivity contribution in [1.82, 2.24) is 5.32 Å². The van der Waals surface area contributed by atoms with E-state index < -0.39 is 0 Å². The Morgan fingerprint density at radius 2 is 1.72 bits per heavy atom. The van der Waals surface area contributed by atoms with Crippen LogP contribution in [0.3, 0.4) is 0 Å². The number of benzene rings is 2. The summed E-state index contributed by atoms with van der Waals surface area (Å²) in [5.41, 5.74) is 4.41. The Bertz CT molecular complexity index is 532. The fourth-order valence-corrected chi connectivity index (χ4v) is 3.01. The Hall–Kier alpha value is -1.60. The molecule has 1 nitrogen and oxygen atoms in total. The molecular formula is C17H19N. The van der Waals surface area contributed by atoms with Gasteiger partial charge in [0.2, 0.25) is 0 Å². The molecule has 1 heteroatoms. The molecule has 18 heavy (non-hydrogen) atoms. The summed E-state index contributed by atoms with van der Waals surface area (Å²) >= 11 is 0. The summed E-state index contributed by atoms with van der Waals surface area (Å²) < 4.78 is 0. The van der Waals surface area contributed by atoms with E-state index in [1.165, 1.54) is 16.7 Å². The first-order valence-electron chi connectivity index (χ1n) is 6.65. The number of hydrogen-bond donors (Lipinski definition) is 1. The van der Waals surface area contributed by atoms with Crippen LogP contribution in [0.5, 0.6) is 0 Å². The highest BCUT2D eigenvalue weighted by Crippen LogP contribution is 2.31. The quantitative estimate of drug-likeness (QED) is 0.845. The first kappa shape index (κ1) is 11.5. The van der Waals surface area contributed by atoms with Crippen LogP contribution in [0, 0.1) is 0 Å². The minimum absolute atomic E-state index is 0.0657. The monoisotopic (exact) mass is 237 g/mol. The molecule has 2 aromatic carbocycles. The van der Waals surface area contributed by atoms with Crippen molar-refractivity contribution in [3.63, 3.8) is 0 Å². The van der Waals surface area contributed by atoms with Gasteiger partial charge in [-0.2, -0.15) is 0 Å². The molecule has 3 rings (SSSR count). The number of hydrogen-bond acceptors (Lipinski definition) is 1. The van der Waals surface area contributed by atoms with E-state index in [-0.39, 0.29) is 5.54 Å². The van der Waals surface area contributed by atoms with Crippen molar-refractivity contribution in [2.75, 3.05) is 6.54 Å². The van der Waals surface area contributed by atoms with Crippen LogP contribution in [0.1, 0.15) is 23.6 Å². The van der Waals surface area contributed by atoms with Crippen LogP contribution in [-0.4, -0.2) is 6.54 Å². The molecule has 0 radical (unpaired) electrons. The Kier molecular flexibility index (Phi) is 2.92. The topological polar surface area (TPSA) is 12.0 Å². The maximum atomic E-state index is 3.70. The third kappa shape index (κ3) is 2.06. The fourth-order valence-electron chi connectivity index (χ4n) is 3.01. The molecule has 1 atom stereocenters. The molecule has 1 aliphatic heterocycles. The summed E-state index contributed by atoms with van der Waals surface area (Å²) in [6.07, 6.45) is 2.19. The van der Waals surface area contributed by atoms with Gasteiger partial charge in [0.25, 0.3) is 0 Å². The summed E-state index contributed by atoms with van der Waals surface area (Å²) in [7, 11) is 0. The lowest BCUT2D eigenvalue weighted by Gasteiger charge is -2.37. The van der Waals surface area contributed by atoms with Gasteiger partial charge in [-0.1, -0.05) is 54.6 Å². The standard InChI is InChI=1S/C17H19N/c1-17(13-14-7-3-2-4-8-14)16-10-6-5-9-15(16)11-12-18-17/h2-10,18H,11-13H2,1H3. The smallest absolute Gasteiger partial charge is 0.0449 e. The van der Waals surface area contributed by atoms with Crippen molar-refractivity contribution >= 4 is 0 Å². The minimum Gasteiger partial charge on any atom is -0.307 e. The molecule has 1 aliphatic rings. The second kappa shape index (κ2) is 4.58. The summed E-state index contributed by atoms with van der Waals surface area (Å²) in [4.78, 5) is 0. The van der Waals surface area contributed by atoms with Gasteiger partial charge in [0.05, 0.1) is 0 Å². The lowest BCUT2D eigenvalue weighted by Crippen LogP contribution is -2.46. The van der Waals surface area contributed by atoms with Gasteiger partial charge in [-0.05, 0) is 36.5 Å². The molecule has 1 unspecified atom stereocenters. The van der Waals surface area contributed by atoms with Crippen LogP contribution in [0.2, 0.25) is 0 Å². The second-order valence-electron chi connectivity index (χ2n) is 5.33. The molecule has 0 fully saturated rings. The lowest BCUT2D eigenvalue weighted by molar-refractivity contribution is 0.344. The van der Waals surface area contributed by atoms with Crippen molar-refractivity contribution < 1.29 is 0 Å². The van der Waals surface area contributed by atoms with E-state index in [1.807, 2.05) is 0 Å². The van der Waals surface area contributed by atoms with E-state index in [0.29, 0.717) is 0 Å². The van der Waals surface area contributed by atoms with E-state index in [0.717, 1.165) is 19.4 Å². The zero-order valence-corrected chi connectivity index (χ0v) is 10.8. The van der Waals surface area contributed by atoms with Crippen LogP contribution in [0.4, 0.5) is 0 Å². The highest BCUT2D eigenvalue weighted by molar-refractivity contribution is 5.37. The zero-order chi connectivity index (χ0) is 12.4. The van der Waals surface area contributed by atoms with Gasteiger partial charge >= 0.3 is 0 Å². The van der Waals surface area contributed by atoms with Crippen LogP contribution < -0.4 is 5.32 Å². The third-order valence-electron chi connectivity index (χ3n) is 3.92. The molecule has 1 N–H and O–H groups in total. The predicted molar refractivity (Wildman–Crippen MR) is 75.6 cm³/mol. The minimum atomic E-state index is 0.0657. The summed E-state index contributed by atoms with van der Waals surface area (Å²) in [5, 5.41) is 3.70. The van der Waals surface area contributed by atoms with Crippen LogP contribution in [0.15, 0.2) is 54.6 Å². The first-order chi connectivity index (χ1) is 8.78. The highest BCUT2D eigenvalue weighted by Gasteiger charge is 2.31. The van der Waals surface area contributed by atoms with E-state index in [1.54, 1.807) is 0 Å². The Morgan fingerprint density at radius 1 is 1.00 bits per heavy atom. The molecule has 2 aromatic rings. The second-order valence-corrected chi connectivity index (χ2v) is 5.33. The van der Waals surface area contributed by atoms with Gasteiger partial charge in [0, 0.05) is 12.1 Å². The molecule has 92 valence electrons. The van der Waals surface area contributed by atoms with Crippen molar-refractivity contribution in [3.05, 3.63) is 71.3 Å². The Labute approximate surface area is 109 Å². The molecule has 0 aromatic heterocycles. The number of fused-ring (bicyclic) bond motifs is 1. The van der Waals surface area contributed by atoms with Crippen molar-refractivity contribution in [2.24, 2.45) is 0 Å². The molecular weight excluding hydrogens is 218 g/mol. The molecule has 0 saturated carbocycles. The van der Waals surface area contributed by atoms with Crippen LogP contribution >= 0.6 is 0 Å². The van der Waals surface area contributed by atoms with Gasteiger partial charge in [-0.3, -0.25) is 0 Å². The van der Waals surface area contributed by atoms with Crippen LogP contribution in [0.25, 0.3) is 0 Å². The molecule has 0 aliphatic carbocycles. The van der Waals surface area contributed by atoms with E-state index in [9.17, 15) is 0 Å². The van der Waals surface area contributed by atoms with E-state index >= 15 is 0 Å². The van der Waals surface area contributed by atoms with Crippen LogP contribution in [-0.2, 0) is 18.4 Å². The van der Waals surface area contributed by atoms with Crippen molar-refractivity contribution in [2.45, 2.75) is 25.3 Å². The molecule has 0 amide bonds. The fraction of sp³-hybridized carbons (Fsp3) is 0.294. The number of nitrogens with one attached hydrogen (secondary N) is 1. The van der Waals surface area contributed by atoms with Gasteiger partial charge in [0.15, 0.2) is 0 Å². The zero-order valence-electron chi connectivity index (χ0n) is 10.8. The van der Waals surface area contributed by atoms with Crippen molar-refractivity contribution in [1.29, 1.82) is 0 Å². The highest BCUT2D eigenvalue weighted by atomic mass is 15.0. The van der Waals surface area contributed by atoms with Gasteiger partial charge in [-0.15, -0.1) is 0 Å². The lowest BCUT2D eigenvalue weighted by atomic mass is 9.80. The normalized spacial score (nSPS) is 22.5. The molecule has 1 heterocycles. The maximum Gasteiger partial charge on any atom is 0.0449 e. The third-order valence-corrected chi connectivity index (χ3v) is 3.92. The summed E-state index contributed by atoms with van der Waals surface area (Å²) in [5.74, 6) is 0. The summed E-state index contributed by atoms with van der Waals surface area (Å²) in [6.45, 7) is 3.39. The van der Waals surface area contributed by atoms with Crippen molar-refractivity contribution in [3.8, 4) is 0 Å². The summed E-state index contributed by atoms with van der Waals surface area (Å²) in [6, 6.07) is 19.6. The van der Waals surface area contributed by atoms with Gasteiger partial charge in [0.1, 0.15) is 0 Å². The van der Waals surface area contributed by atoms with Gasteiger partial charge < -0.3 is 5.32 Å². The average Bonchev–Trinajstić information content (AvgIpc) is 2.40.